The van der Waals surface area contributed by atoms with E-state index in [-0.39, 0.29) is 0 Å². The number of benzene rings is 3. The summed E-state index contributed by atoms with van der Waals surface area (Å²) in [5, 5.41) is 1.84. The summed E-state index contributed by atoms with van der Waals surface area (Å²) >= 11 is 0. The molecule has 3 aromatic carbocycles. The average Bonchev–Trinajstić information content (AvgIpc) is 2.74. The zero-order valence-electron chi connectivity index (χ0n) is 16.1. The van der Waals surface area contributed by atoms with Crippen LogP contribution in [0.5, 0.6) is 11.5 Å². The average molecular weight is 371 g/mol. The summed E-state index contributed by atoms with van der Waals surface area (Å²) in [5.41, 5.74) is 3.78. The first-order valence-corrected chi connectivity index (χ1v) is 9.04. The Labute approximate surface area is 163 Å². The van der Waals surface area contributed by atoms with Crippen LogP contribution in [0.4, 0.5) is 5.69 Å². The molecule has 28 heavy (non-hydrogen) atoms. The number of fused-ring (bicyclic) bond motifs is 1. The van der Waals surface area contributed by atoms with Crippen LogP contribution in [-0.4, -0.2) is 14.2 Å². The highest BCUT2D eigenvalue weighted by molar-refractivity contribution is 5.79. The second kappa shape index (κ2) is 7.61. The highest BCUT2D eigenvalue weighted by atomic mass is 16.5. The van der Waals surface area contributed by atoms with Crippen LogP contribution >= 0.6 is 0 Å². The van der Waals surface area contributed by atoms with Crippen molar-refractivity contribution in [1.29, 1.82) is 0 Å². The van der Waals surface area contributed by atoms with Crippen LogP contribution in [0, 0.1) is 6.92 Å². The molecule has 0 bridgehead atoms. The molecule has 4 nitrogen and oxygen atoms in total. The second-order valence-electron chi connectivity index (χ2n) is 6.53. The highest BCUT2D eigenvalue weighted by Crippen LogP contribution is 2.25. The normalized spacial score (nSPS) is 11.6. The predicted molar refractivity (Wildman–Crippen MR) is 111 cm³/mol. The van der Waals surface area contributed by atoms with Gasteiger partial charge in [0.1, 0.15) is 22.8 Å². The molecule has 0 saturated carbocycles. The zero-order valence-corrected chi connectivity index (χ0v) is 16.1. The molecule has 140 valence electrons. The maximum Gasteiger partial charge on any atom is 0.136 e. The van der Waals surface area contributed by atoms with Crippen molar-refractivity contribution in [3.05, 3.63) is 83.7 Å². The van der Waals surface area contributed by atoms with Gasteiger partial charge in [0.05, 0.1) is 25.3 Å². The fourth-order valence-electron chi connectivity index (χ4n) is 3.07. The fraction of sp³-hybridized carbons (Fsp3) is 0.125. The van der Waals surface area contributed by atoms with Gasteiger partial charge in [0.15, 0.2) is 0 Å². The van der Waals surface area contributed by atoms with Gasteiger partial charge < -0.3 is 13.9 Å². The topological polar surface area (TPSA) is 44.0 Å². The highest BCUT2D eigenvalue weighted by Gasteiger charge is 2.07. The van der Waals surface area contributed by atoms with E-state index in [0.717, 1.165) is 50.4 Å². The van der Waals surface area contributed by atoms with Gasteiger partial charge in [0, 0.05) is 17.0 Å². The van der Waals surface area contributed by atoms with Crippen molar-refractivity contribution in [1.82, 2.24) is 0 Å². The minimum absolute atomic E-state index is 0.756. The fourth-order valence-corrected chi connectivity index (χ4v) is 3.07. The summed E-state index contributed by atoms with van der Waals surface area (Å²) in [6, 6.07) is 23.6. The first-order chi connectivity index (χ1) is 13.7. The third-order valence-corrected chi connectivity index (χ3v) is 4.60. The lowest BCUT2D eigenvalue weighted by molar-refractivity contribution is 0.414. The molecule has 0 saturated heterocycles. The van der Waals surface area contributed by atoms with Gasteiger partial charge in [-0.15, -0.1) is 0 Å². The minimum atomic E-state index is 0.756. The Morgan fingerprint density at radius 3 is 2.04 bits per heavy atom. The number of ether oxygens (including phenoxy) is 2. The molecule has 0 spiro atoms. The third-order valence-electron chi connectivity index (χ3n) is 4.60. The monoisotopic (exact) mass is 371 g/mol. The smallest absolute Gasteiger partial charge is 0.136 e. The molecule has 4 heteroatoms. The quantitative estimate of drug-likeness (QED) is 0.465. The molecular weight excluding hydrogens is 350 g/mol. The van der Waals surface area contributed by atoms with Gasteiger partial charge in [0.25, 0.3) is 0 Å². The Morgan fingerprint density at radius 1 is 0.750 bits per heavy atom. The first kappa shape index (κ1) is 17.9. The number of hydrogen-bond donors (Lipinski definition) is 0. The first-order valence-electron chi connectivity index (χ1n) is 9.04. The Hall–Kier alpha value is -3.53. The predicted octanol–water partition coefficient (Wildman–Crippen LogP) is 5.66. The largest absolute Gasteiger partial charge is 0.497 e. The van der Waals surface area contributed by atoms with Gasteiger partial charge in [-0.1, -0.05) is 11.6 Å². The summed E-state index contributed by atoms with van der Waals surface area (Å²) in [4.78, 5) is 4.87. The molecule has 0 aliphatic heterocycles. The molecule has 4 aromatic rings. The molecule has 0 amide bonds. The van der Waals surface area contributed by atoms with Crippen molar-refractivity contribution in [2.24, 2.45) is 4.99 Å². The van der Waals surface area contributed by atoms with Crippen LogP contribution in [0.25, 0.3) is 22.3 Å². The third kappa shape index (κ3) is 3.62. The summed E-state index contributed by atoms with van der Waals surface area (Å²) in [7, 11) is 3.31. The molecule has 1 aromatic heterocycles. The molecule has 0 atom stereocenters. The standard InChI is InChI=1S/C24H21NO3/c1-16-4-13-23-21(14-16)22(25-18-7-11-20(27-3)12-8-18)15-24(28-23)17-5-9-19(26-2)10-6-17/h4-15H,1-3H3. The van der Waals surface area contributed by atoms with E-state index in [9.17, 15) is 0 Å². The minimum Gasteiger partial charge on any atom is -0.497 e. The van der Waals surface area contributed by atoms with Crippen molar-refractivity contribution in [3.63, 3.8) is 0 Å². The van der Waals surface area contributed by atoms with Gasteiger partial charge in [-0.05, 0) is 67.6 Å². The summed E-state index contributed by atoms with van der Waals surface area (Å²) in [5.74, 6) is 2.37. The van der Waals surface area contributed by atoms with E-state index >= 15 is 0 Å². The van der Waals surface area contributed by atoms with Gasteiger partial charge in [-0.25, -0.2) is 4.99 Å². The molecule has 0 unspecified atom stereocenters. The van der Waals surface area contributed by atoms with Crippen LogP contribution in [-0.2, 0) is 0 Å². The number of methoxy groups -OCH3 is 2. The van der Waals surface area contributed by atoms with Crippen molar-refractivity contribution in [2.45, 2.75) is 6.92 Å². The summed E-state index contributed by atoms with van der Waals surface area (Å²) < 4.78 is 16.7. The number of rotatable bonds is 4. The van der Waals surface area contributed by atoms with Crippen molar-refractivity contribution >= 4 is 16.7 Å². The molecule has 1 heterocycles. The molecule has 0 radical (unpaired) electrons. The summed E-state index contributed by atoms with van der Waals surface area (Å²) in [6.07, 6.45) is 0. The maximum atomic E-state index is 6.17. The van der Waals surface area contributed by atoms with E-state index in [1.54, 1.807) is 14.2 Å². The van der Waals surface area contributed by atoms with E-state index in [1.807, 2.05) is 66.7 Å². The lowest BCUT2D eigenvalue weighted by atomic mass is 10.1. The Kier molecular flexibility index (Phi) is 4.85. The van der Waals surface area contributed by atoms with Crippen molar-refractivity contribution < 1.29 is 13.9 Å². The van der Waals surface area contributed by atoms with Crippen LogP contribution in [0.1, 0.15) is 5.56 Å². The van der Waals surface area contributed by atoms with E-state index in [2.05, 4.69) is 13.0 Å². The summed E-state index contributed by atoms with van der Waals surface area (Å²) in [6.45, 7) is 2.06. The van der Waals surface area contributed by atoms with Crippen LogP contribution < -0.4 is 14.8 Å². The van der Waals surface area contributed by atoms with Crippen molar-refractivity contribution in [2.75, 3.05) is 14.2 Å². The Balaban J connectivity index is 1.91. The lowest BCUT2D eigenvalue weighted by Crippen LogP contribution is -2.03. The molecule has 0 aliphatic carbocycles. The number of aryl methyl sites for hydroxylation is 1. The molecule has 0 aliphatic rings. The molecule has 0 N–H and O–H groups in total. The molecule has 4 rings (SSSR count). The van der Waals surface area contributed by atoms with Crippen LogP contribution in [0.3, 0.4) is 0 Å². The van der Waals surface area contributed by atoms with Crippen LogP contribution in [0.2, 0.25) is 0 Å². The second-order valence-corrected chi connectivity index (χ2v) is 6.53. The molecule has 0 fully saturated rings. The van der Waals surface area contributed by atoms with Gasteiger partial charge >= 0.3 is 0 Å². The lowest BCUT2D eigenvalue weighted by Gasteiger charge is -2.07. The van der Waals surface area contributed by atoms with E-state index < -0.39 is 0 Å². The zero-order chi connectivity index (χ0) is 19.5. The Bertz CT molecular complexity index is 1170. The van der Waals surface area contributed by atoms with E-state index in [0.29, 0.717) is 0 Å². The van der Waals surface area contributed by atoms with E-state index in [4.69, 9.17) is 18.9 Å². The number of nitrogens with zero attached hydrogens (tertiary/aromatic N) is 1. The molecular formula is C24H21NO3. The van der Waals surface area contributed by atoms with Crippen molar-refractivity contribution in [3.8, 4) is 22.8 Å². The Morgan fingerprint density at radius 2 is 1.39 bits per heavy atom. The SMILES string of the molecule is COc1ccc(N=c2cc(-c3ccc(OC)cc3)oc3ccc(C)cc23)cc1. The van der Waals surface area contributed by atoms with Gasteiger partial charge in [-0.3, -0.25) is 0 Å². The van der Waals surface area contributed by atoms with E-state index in [1.165, 1.54) is 0 Å². The van der Waals surface area contributed by atoms with Gasteiger partial charge in [0.2, 0.25) is 0 Å². The maximum absolute atomic E-state index is 6.17. The number of hydrogen-bond acceptors (Lipinski definition) is 4. The van der Waals surface area contributed by atoms with Crippen LogP contribution in [0.15, 0.2) is 82.2 Å². The van der Waals surface area contributed by atoms with Gasteiger partial charge in [-0.2, -0.15) is 0 Å².